The van der Waals surface area contributed by atoms with Crippen LogP contribution in [0, 0.1) is 17.8 Å². The van der Waals surface area contributed by atoms with E-state index in [4.69, 9.17) is 9.47 Å². The van der Waals surface area contributed by atoms with Crippen molar-refractivity contribution in [1.82, 2.24) is 4.90 Å². The van der Waals surface area contributed by atoms with Gasteiger partial charge in [0.05, 0.1) is 25.5 Å². The van der Waals surface area contributed by atoms with Gasteiger partial charge in [-0.3, -0.25) is 4.90 Å². The highest BCUT2D eigenvalue weighted by Gasteiger charge is 2.39. The summed E-state index contributed by atoms with van der Waals surface area (Å²) in [5.41, 5.74) is 1.16. The minimum atomic E-state index is -0.388. The van der Waals surface area contributed by atoms with Crippen LogP contribution in [-0.2, 0) is 4.74 Å². The van der Waals surface area contributed by atoms with Crippen LogP contribution >= 0.6 is 0 Å². The maximum atomic E-state index is 10.4. The summed E-state index contributed by atoms with van der Waals surface area (Å²) in [6.45, 7) is 5.86. The number of piperazine rings is 1. The van der Waals surface area contributed by atoms with E-state index in [9.17, 15) is 5.11 Å². The number of benzene rings is 1. The molecule has 3 aliphatic rings. The maximum Gasteiger partial charge on any atom is 0.142 e. The molecule has 27 heavy (non-hydrogen) atoms. The lowest BCUT2D eigenvalue weighted by atomic mass is 9.90. The lowest BCUT2D eigenvalue weighted by Gasteiger charge is -2.37. The molecule has 4 atom stereocenters. The predicted molar refractivity (Wildman–Crippen MR) is 107 cm³/mol. The Morgan fingerprint density at radius 2 is 1.93 bits per heavy atom. The molecule has 1 aromatic rings. The van der Waals surface area contributed by atoms with Gasteiger partial charge < -0.3 is 19.5 Å². The first-order valence-electron chi connectivity index (χ1n) is 10.6. The zero-order chi connectivity index (χ0) is 18.6. The van der Waals surface area contributed by atoms with Crippen molar-refractivity contribution in [2.45, 2.75) is 31.8 Å². The van der Waals surface area contributed by atoms with Gasteiger partial charge in [-0.05, 0) is 49.1 Å². The SMILES string of the molecule is COc1ccccc1N1CCN(C[C@H](O)COC[C@@H]2C[C@@H]3CC[C@@H]2C3)CC1. The van der Waals surface area contributed by atoms with Crippen molar-refractivity contribution in [3.8, 4) is 5.75 Å². The zero-order valence-electron chi connectivity index (χ0n) is 16.6. The van der Waals surface area contributed by atoms with E-state index in [-0.39, 0.29) is 6.10 Å². The van der Waals surface area contributed by atoms with E-state index >= 15 is 0 Å². The Balaban J connectivity index is 1.15. The van der Waals surface area contributed by atoms with Gasteiger partial charge in [-0.1, -0.05) is 18.6 Å². The summed E-state index contributed by atoms with van der Waals surface area (Å²) < 4.78 is 11.4. The van der Waals surface area contributed by atoms with E-state index in [0.29, 0.717) is 13.2 Å². The smallest absolute Gasteiger partial charge is 0.142 e. The largest absolute Gasteiger partial charge is 0.495 e. The molecule has 1 aromatic carbocycles. The van der Waals surface area contributed by atoms with Crippen molar-refractivity contribution >= 4 is 5.69 Å². The number of hydrogen-bond acceptors (Lipinski definition) is 5. The fourth-order valence-corrected chi connectivity index (χ4v) is 5.35. The van der Waals surface area contributed by atoms with Gasteiger partial charge in [-0.25, -0.2) is 0 Å². The summed E-state index contributed by atoms with van der Waals surface area (Å²) in [6, 6.07) is 8.19. The molecule has 1 aliphatic heterocycles. The molecule has 2 saturated carbocycles. The molecular weight excluding hydrogens is 340 g/mol. The van der Waals surface area contributed by atoms with Gasteiger partial charge in [0.25, 0.3) is 0 Å². The van der Waals surface area contributed by atoms with Crippen LogP contribution < -0.4 is 9.64 Å². The Morgan fingerprint density at radius 1 is 1.11 bits per heavy atom. The van der Waals surface area contributed by atoms with Crippen LogP contribution in [0.4, 0.5) is 5.69 Å². The summed E-state index contributed by atoms with van der Waals surface area (Å²) in [5, 5.41) is 10.4. The number of β-amino-alcohol motifs (C(OH)–C–C–N with tert-alkyl or cyclic N) is 1. The Morgan fingerprint density at radius 3 is 2.63 bits per heavy atom. The highest BCUT2D eigenvalue weighted by Crippen LogP contribution is 2.48. The average Bonchev–Trinajstić information content (AvgIpc) is 3.32. The van der Waals surface area contributed by atoms with E-state index in [0.717, 1.165) is 62.0 Å². The van der Waals surface area contributed by atoms with E-state index in [1.54, 1.807) is 7.11 Å². The fourth-order valence-electron chi connectivity index (χ4n) is 5.35. The molecule has 2 bridgehead atoms. The molecule has 0 spiro atoms. The normalized spacial score (nSPS) is 29.3. The molecule has 0 radical (unpaired) electrons. The number of fused-ring (bicyclic) bond motifs is 2. The van der Waals surface area contributed by atoms with Crippen LogP contribution in [0.3, 0.4) is 0 Å². The minimum Gasteiger partial charge on any atom is -0.495 e. The predicted octanol–water partition coefficient (Wildman–Crippen LogP) is 2.63. The van der Waals surface area contributed by atoms with Gasteiger partial charge in [-0.15, -0.1) is 0 Å². The molecule has 1 saturated heterocycles. The second-order valence-corrected chi connectivity index (χ2v) is 8.59. The fraction of sp³-hybridized carbons (Fsp3) is 0.727. The third-order valence-corrected chi connectivity index (χ3v) is 6.79. The molecule has 3 fully saturated rings. The Bertz CT molecular complexity index is 603. The van der Waals surface area contributed by atoms with E-state index in [1.165, 1.54) is 25.7 Å². The van der Waals surface area contributed by atoms with E-state index in [1.807, 2.05) is 12.1 Å². The third-order valence-electron chi connectivity index (χ3n) is 6.79. The van der Waals surface area contributed by atoms with Crippen molar-refractivity contribution in [3.63, 3.8) is 0 Å². The molecule has 5 heteroatoms. The van der Waals surface area contributed by atoms with Crippen LogP contribution in [0.15, 0.2) is 24.3 Å². The molecule has 1 heterocycles. The molecule has 0 unspecified atom stereocenters. The number of methoxy groups -OCH3 is 1. The molecule has 150 valence electrons. The minimum absolute atomic E-state index is 0.388. The number of aliphatic hydroxyl groups excluding tert-OH is 1. The van der Waals surface area contributed by atoms with Crippen LogP contribution in [0.2, 0.25) is 0 Å². The Kier molecular flexibility index (Phi) is 6.21. The number of ether oxygens (including phenoxy) is 2. The number of rotatable bonds is 8. The lowest BCUT2D eigenvalue weighted by Crippen LogP contribution is -2.49. The van der Waals surface area contributed by atoms with Gasteiger partial charge in [0, 0.05) is 39.3 Å². The topological polar surface area (TPSA) is 45.2 Å². The van der Waals surface area contributed by atoms with Crippen molar-refractivity contribution in [3.05, 3.63) is 24.3 Å². The molecule has 1 N–H and O–H groups in total. The van der Waals surface area contributed by atoms with Gasteiger partial charge in [0.2, 0.25) is 0 Å². The van der Waals surface area contributed by atoms with Crippen LogP contribution in [0.5, 0.6) is 5.75 Å². The van der Waals surface area contributed by atoms with Crippen molar-refractivity contribution < 1.29 is 14.6 Å². The number of aliphatic hydroxyl groups is 1. The standard InChI is InChI=1S/C22H34N2O3/c1-26-22-5-3-2-4-21(22)24-10-8-23(9-11-24)14-20(25)16-27-15-19-13-17-6-7-18(19)12-17/h2-5,17-20,25H,6-16H2,1H3/t17-,18-,19+,20+/m1/s1. The first-order valence-corrected chi connectivity index (χ1v) is 10.6. The quantitative estimate of drug-likeness (QED) is 0.758. The molecule has 0 aromatic heterocycles. The van der Waals surface area contributed by atoms with Crippen LogP contribution in [0.1, 0.15) is 25.7 Å². The van der Waals surface area contributed by atoms with Gasteiger partial charge >= 0.3 is 0 Å². The number of anilines is 1. The average molecular weight is 375 g/mol. The van der Waals surface area contributed by atoms with Crippen molar-refractivity contribution in [2.75, 3.05) is 57.9 Å². The van der Waals surface area contributed by atoms with Crippen LogP contribution in [0.25, 0.3) is 0 Å². The Hall–Kier alpha value is -1.30. The zero-order valence-corrected chi connectivity index (χ0v) is 16.6. The molecule has 5 nitrogen and oxygen atoms in total. The van der Waals surface area contributed by atoms with E-state index < -0.39 is 0 Å². The second kappa shape index (κ2) is 8.80. The van der Waals surface area contributed by atoms with Gasteiger partial charge in [0.15, 0.2) is 0 Å². The highest BCUT2D eigenvalue weighted by atomic mass is 16.5. The van der Waals surface area contributed by atoms with Crippen molar-refractivity contribution in [1.29, 1.82) is 0 Å². The lowest BCUT2D eigenvalue weighted by molar-refractivity contribution is -0.00274. The first kappa shape index (κ1) is 19.0. The van der Waals surface area contributed by atoms with Gasteiger partial charge in [0.1, 0.15) is 5.75 Å². The monoisotopic (exact) mass is 374 g/mol. The molecule has 4 rings (SSSR count). The number of hydrogen-bond donors (Lipinski definition) is 1. The summed E-state index contributed by atoms with van der Waals surface area (Å²) in [4.78, 5) is 4.71. The summed E-state index contributed by atoms with van der Waals surface area (Å²) in [6.07, 6.45) is 5.22. The summed E-state index contributed by atoms with van der Waals surface area (Å²) in [7, 11) is 1.72. The summed E-state index contributed by atoms with van der Waals surface area (Å²) >= 11 is 0. The number of para-hydroxylation sites is 2. The van der Waals surface area contributed by atoms with Gasteiger partial charge in [-0.2, -0.15) is 0 Å². The Labute approximate surface area is 163 Å². The highest BCUT2D eigenvalue weighted by molar-refractivity contribution is 5.58. The van der Waals surface area contributed by atoms with E-state index in [2.05, 4.69) is 21.9 Å². The van der Waals surface area contributed by atoms with Crippen LogP contribution in [-0.4, -0.2) is 69.2 Å². The third kappa shape index (κ3) is 4.58. The van der Waals surface area contributed by atoms with Crippen molar-refractivity contribution in [2.24, 2.45) is 17.8 Å². The maximum absolute atomic E-state index is 10.4. The second-order valence-electron chi connectivity index (χ2n) is 8.59. The molecule has 0 amide bonds. The molecule has 2 aliphatic carbocycles. The molecular formula is C22H34N2O3. The first-order chi connectivity index (χ1) is 13.2. The summed E-state index contributed by atoms with van der Waals surface area (Å²) in [5.74, 6) is 3.55. The number of nitrogens with zero attached hydrogens (tertiary/aromatic N) is 2.